The van der Waals surface area contributed by atoms with Crippen LogP contribution < -0.4 is 15.4 Å². The van der Waals surface area contributed by atoms with Crippen LogP contribution in [0.25, 0.3) is 0 Å². The molecule has 0 fully saturated rings. The molecule has 29 heavy (non-hydrogen) atoms. The van der Waals surface area contributed by atoms with Gasteiger partial charge in [0.25, 0.3) is 5.91 Å². The lowest BCUT2D eigenvalue weighted by Gasteiger charge is -2.35. The Morgan fingerprint density at radius 1 is 1.38 bits per heavy atom. The average molecular weight is 427 g/mol. The first-order valence-electron chi connectivity index (χ1n) is 9.44. The number of hydrogen-bond acceptors (Lipinski definition) is 5. The number of likely N-dealkylation sites (N-methyl/N-ethyl adjacent to an activating group) is 1. The Kier molecular flexibility index (Phi) is 7.12. The Morgan fingerprint density at radius 2 is 2.03 bits per heavy atom. The zero-order valence-corrected chi connectivity index (χ0v) is 18.5. The fourth-order valence-electron chi connectivity index (χ4n) is 3.06. The summed E-state index contributed by atoms with van der Waals surface area (Å²) < 4.78 is 31.2. The molecule has 0 saturated carbocycles. The molecule has 1 heterocycles. The molecular formula is C19H30N4O5S. The maximum Gasteiger partial charge on any atom is 0.319 e. The molecular weight excluding hydrogens is 396 g/mol. The smallest absolute Gasteiger partial charge is 0.319 e. The van der Waals surface area contributed by atoms with Gasteiger partial charge < -0.3 is 20.3 Å². The van der Waals surface area contributed by atoms with Crippen LogP contribution in [0.15, 0.2) is 18.2 Å². The van der Waals surface area contributed by atoms with E-state index in [1.807, 2.05) is 20.8 Å². The van der Waals surface area contributed by atoms with Gasteiger partial charge in [0.2, 0.25) is 10.0 Å². The Hall–Kier alpha value is -2.33. The first-order chi connectivity index (χ1) is 13.4. The summed E-state index contributed by atoms with van der Waals surface area (Å²) in [4.78, 5) is 26.6. The summed E-state index contributed by atoms with van der Waals surface area (Å²) in [6.45, 7) is 6.10. The van der Waals surface area contributed by atoms with Gasteiger partial charge >= 0.3 is 6.03 Å². The van der Waals surface area contributed by atoms with E-state index in [0.717, 1.165) is 6.26 Å². The number of amides is 3. The predicted molar refractivity (Wildman–Crippen MR) is 112 cm³/mol. The van der Waals surface area contributed by atoms with Crippen LogP contribution in [0.2, 0.25) is 0 Å². The number of nitrogens with zero attached hydrogens (tertiary/aromatic N) is 2. The molecule has 0 radical (unpaired) electrons. The number of para-hydroxylation sites is 1. The zero-order valence-electron chi connectivity index (χ0n) is 17.7. The minimum absolute atomic E-state index is 0.0645. The number of benzene rings is 1. The van der Waals surface area contributed by atoms with Crippen LogP contribution in [-0.2, 0) is 10.0 Å². The van der Waals surface area contributed by atoms with E-state index in [-0.39, 0.29) is 30.2 Å². The summed E-state index contributed by atoms with van der Waals surface area (Å²) in [6.07, 6.45) is 0.619. The quantitative estimate of drug-likeness (QED) is 0.743. The van der Waals surface area contributed by atoms with Gasteiger partial charge in [0, 0.05) is 32.6 Å². The number of carbonyl (C=O) groups is 2. The second-order valence-electron chi connectivity index (χ2n) is 7.80. The number of fused-ring (bicyclic) bond motifs is 1. The summed E-state index contributed by atoms with van der Waals surface area (Å²) in [6, 6.07) is 4.47. The molecule has 1 aromatic rings. The van der Waals surface area contributed by atoms with Crippen molar-refractivity contribution >= 4 is 27.6 Å². The van der Waals surface area contributed by atoms with Crippen molar-refractivity contribution in [1.29, 1.82) is 0 Å². The molecule has 9 nitrogen and oxygen atoms in total. The fraction of sp³-hybridized carbons (Fsp3) is 0.579. The molecule has 2 N–H and O–H groups in total. The van der Waals surface area contributed by atoms with Gasteiger partial charge in [0.15, 0.2) is 5.75 Å². The number of hydrogen-bond donors (Lipinski definition) is 2. The number of sulfonamides is 1. The highest BCUT2D eigenvalue weighted by Gasteiger charge is 2.32. The SMILES string of the molecule is CC(C)NC(=O)Nc1cccc2c1O[C@H](CN(C)S(C)(=O)=O)[C@H](C)CN(C)C2=O. The van der Waals surface area contributed by atoms with Crippen LogP contribution in [0.5, 0.6) is 5.75 Å². The van der Waals surface area contributed by atoms with Crippen molar-refractivity contribution in [2.45, 2.75) is 32.9 Å². The largest absolute Gasteiger partial charge is 0.486 e. The topological polar surface area (TPSA) is 108 Å². The van der Waals surface area contributed by atoms with Crippen LogP contribution in [0.1, 0.15) is 31.1 Å². The van der Waals surface area contributed by atoms with Crippen molar-refractivity contribution in [3.05, 3.63) is 23.8 Å². The molecule has 0 spiro atoms. The lowest BCUT2D eigenvalue weighted by molar-refractivity contribution is 0.0607. The number of carbonyl (C=O) groups excluding carboxylic acids is 2. The van der Waals surface area contributed by atoms with E-state index in [2.05, 4.69) is 10.6 Å². The van der Waals surface area contributed by atoms with E-state index >= 15 is 0 Å². The van der Waals surface area contributed by atoms with E-state index in [0.29, 0.717) is 17.8 Å². The highest BCUT2D eigenvalue weighted by molar-refractivity contribution is 7.88. The molecule has 2 rings (SSSR count). The van der Waals surface area contributed by atoms with Crippen LogP contribution in [0, 0.1) is 5.92 Å². The lowest BCUT2D eigenvalue weighted by atomic mass is 10.0. The number of rotatable bonds is 5. The summed E-state index contributed by atoms with van der Waals surface area (Å²) in [5, 5.41) is 5.46. The Labute approximate surface area is 172 Å². The normalized spacial score (nSPS) is 20.0. The molecule has 1 aromatic carbocycles. The van der Waals surface area contributed by atoms with Gasteiger partial charge in [-0.05, 0) is 26.0 Å². The van der Waals surface area contributed by atoms with Gasteiger partial charge in [-0.3, -0.25) is 4.79 Å². The number of ether oxygens (including phenoxy) is 1. The standard InChI is InChI=1S/C19H30N4O5S/c1-12(2)20-19(25)21-15-9-7-8-14-17(15)28-16(11-23(5)29(6,26)27)13(3)10-22(4)18(14)24/h7-9,12-13,16H,10-11H2,1-6H3,(H2,20,21,25)/t13-,16-/m1/s1. The molecule has 0 saturated heterocycles. The molecule has 0 aromatic heterocycles. The fourth-order valence-corrected chi connectivity index (χ4v) is 3.48. The Balaban J connectivity index is 2.44. The third-order valence-electron chi connectivity index (χ3n) is 4.73. The summed E-state index contributed by atoms with van der Waals surface area (Å²) in [5.41, 5.74) is 0.664. The van der Waals surface area contributed by atoms with Crippen molar-refractivity contribution in [1.82, 2.24) is 14.5 Å². The van der Waals surface area contributed by atoms with Gasteiger partial charge in [0.05, 0.1) is 24.1 Å². The molecule has 10 heteroatoms. The zero-order chi connectivity index (χ0) is 21.9. The van der Waals surface area contributed by atoms with Crippen LogP contribution in [0.4, 0.5) is 10.5 Å². The van der Waals surface area contributed by atoms with Crippen molar-refractivity contribution in [2.24, 2.45) is 5.92 Å². The van der Waals surface area contributed by atoms with Gasteiger partial charge in [-0.25, -0.2) is 17.5 Å². The number of anilines is 1. The van der Waals surface area contributed by atoms with Gasteiger partial charge in [-0.1, -0.05) is 13.0 Å². The van der Waals surface area contributed by atoms with Gasteiger partial charge in [-0.2, -0.15) is 0 Å². The van der Waals surface area contributed by atoms with Crippen LogP contribution in [-0.4, -0.2) is 75.1 Å². The van der Waals surface area contributed by atoms with Crippen molar-refractivity contribution in [3.8, 4) is 5.75 Å². The maximum atomic E-state index is 12.9. The summed E-state index contributed by atoms with van der Waals surface area (Å²) in [7, 11) is -0.220. The molecule has 0 aliphatic carbocycles. The molecule has 2 atom stereocenters. The van der Waals surface area contributed by atoms with Crippen molar-refractivity contribution in [2.75, 3.05) is 38.8 Å². The predicted octanol–water partition coefficient (Wildman–Crippen LogP) is 1.58. The summed E-state index contributed by atoms with van der Waals surface area (Å²) in [5.74, 6) is -0.129. The second-order valence-corrected chi connectivity index (χ2v) is 9.89. The molecule has 0 bridgehead atoms. The third-order valence-corrected chi connectivity index (χ3v) is 6.01. The highest BCUT2D eigenvalue weighted by Crippen LogP contribution is 2.34. The maximum absolute atomic E-state index is 12.9. The Bertz CT molecular complexity index is 871. The minimum atomic E-state index is -3.40. The molecule has 0 unspecified atom stereocenters. The number of urea groups is 1. The van der Waals surface area contributed by atoms with E-state index in [1.54, 1.807) is 30.1 Å². The first-order valence-corrected chi connectivity index (χ1v) is 11.3. The highest BCUT2D eigenvalue weighted by atomic mass is 32.2. The van der Waals surface area contributed by atoms with Gasteiger partial charge in [-0.15, -0.1) is 0 Å². The summed E-state index contributed by atoms with van der Waals surface area (Å²) >= 11 is 0. The van der Waals surface area contributed by atoms with Gasteiger partial charge in [0.1, 0.15) is 6.10 Å². The number of nitrogens with one attached hydrogen (secondary N) is 2. The van der Waals surface area contributed by atoms with Crippen LogP contribution in [0.3, 0.4) is 0 Å². The Morgan fingerprint density at radius 3 is 2.62 bits per heavy atom. The van der Waals surface area contributed by atoms with E-state index in [9.17, 15) is 18.0 Å². The van der Waals surface area contributed by atoms with Crippen LogP contribution >= 0.6 is 0 Å². The molecule has 1 aliphatic heterocycles. The lowest BCUT2D eigenvalue weighted by Crippen LogP contribution is -2.46. The molecule has 1 aliphatic rings. The van der Waals surface area contributed by atoms with E-state index in [4.69, 9.17) is 4.74 Å². The molecule has 3 amide bonds. The van der Waals surface area contributed by atoms with Crippen molar-refractivity contribution in [3.63, 3.8) is 0 Å². The van der Waals surface area contributed by atoms with E-state index < -0.39 is 22.2 Å². The van der Waals surface area contributed by atoms with E-state index in [1.165, 1.54) is 11.4 Å². The van der Waals surface area contributed by atoms with Crippen molar-refractivity contribution < 1.29 is 22.7 Å². The first kappa shape index (κ1) is 23.0. The minimum Gasteiger partial charge on any atom is -0.486 e. The average Bonchev–Trinajstić information content (AvgIpc) is 2.59. The third kappa shape index (κ3) is 5.83. The monoisotopic (exact) mass is 426 g/mol. The molecule has 162 valence electrons. The second kappa shape index (κ2) is 9.00.